The van der Waals surface area contributed by atoms with Gasteiger partial charge < -0.3 is 5.32 Å². The average molecular weight is 292 g/mol. The highest BCUT2D eigenvalue weighted by atomic mass is 35.5. The molecule has 20 heavy (non-hydrogen) atoms. The van der Waals surface area contributed by atoms with E-state index < -0.39 is 0 Å². The number of nitrogens with one attached hydrogen (secondary N) is 1. The molecule has 0 aliphatic carbocycles. The van der Waals surface area contributed by atoms with Crippen LogP contribution in [-0.4, -0.2) is 5.91 Å². The van der Waals surface area contributed by atoms with Crippen LogP contribution in [-0.2, 0) is 5.88 Å². The SMILES string of the molecule is C[C@@H](NC(=O)c1cccc(CCl)c1)c1cccc(F)c1. The van der Waals surface area contributed by atoms with Crippen LogP contribution >= 0.6 is 11.6 Å². The number of halogens is 2. The van der Waals surface area contributed by atoms with Gasteiger partial charge in [-0.3, -0.25) is 4.79 Å². The third-order valence-electron chi connectivity index (χ3n) is 3.04. The van der Waals surface area contributed by atoms with Gasteiger partial charge in [0, 0.05) is 11.4 Å². The lowest BCUT2D eigenvalue weighted by Crippen LogP contribution is -2.26. The molecule has 2 rings (SSSR count). The first-order chi connectivity index (χ1) is 9.60. The summed E-state index contributed by atoms with van der Waals surface area (Å²) in [7, 11) is 0. The lowest BCUT2D eigenvalue weighted by molar-refractivity contribution is 0.0939. The van der Waals surface area contributed by atoms with E-state index >= 15 is 0 Å². The molecule has 1 atom stereocenters. The second kappa shape index (κ2) is 6.53. The zero-order valence-corrected chi connectivity index (χ0v) is 11.8. The van der Waals surface area contributed by atoms with E-state index in [2.05, 4.69) is 5.32 Å². The van der Waals surface area contributed by atoms with Crippen LogP contribution in [0.15, 0.2) is 48.5 Å². The van der Waals surface area contributed by atoms with E-state index in [1.54, 1.807) is 30.3 Å². The van der Waals surface area contributed by atoms with E-state index in [-0.39, 0.29) is 17.8 Å². The first kappa shape index (κ1) is 14.5. The topological polar surface area (TPSA) is 29.1 Å². The fraction of sp³-hybridized carbons (Fsp3) is 0.188. The molecule has 0 aromatic heterocycles. The monoisotopic (exact) mass is 291 g/mol. The maximum absolute atomic E-state index is 13.2. The molecule has 0 bridgehead atoms. The number of hydrogen-bond donors (Lipinski definition) is 1. The van der Waals surface area contributed by atoms with Gasteiger partial charge in [-0.25, -0.2) is 4.39 Å². The smallest absolute Gasteiger partial charge is 0.251 e. The molecule has 2 aromatic rings. The average Bonchev–Trinajstić information content (AvgIpc) is 2.47. The lowest BCUT2D eigenvalue weighted by Gasteiger charge is -2.14. The molecule has 0 heterocycles. The molecule has 0 unspecified atom stereocenters. The van der Waals surface area contributed by atoms with Crippen molar-refractivity contribution < 1.29 is 9.18 Å². The van der Waals surface area contributed by atoms with E-state index in [1.165, 1.54) is 12.1 Å². The third-order valence-corrected chi connectivity index (χ3v) is 3.35. The maximum atomic E-state index is 13.2. The van der Waals surface area contributed by atoms with Gasteiger partial charge in [-0.05, 0) is 42.3 Å². The Labute approximate surface area is 122 Å². The number of benzene rings is 2. The van der Waals surface area contributed by atoms with Crippen molar-refractivity contribution in [2.75, 3.05) is 0 Å². The first-order valence-electron chi connectivity index (χ1n) is 6.31. The highest BCUT2D eigenvalue weighted by molar-refractivity contribution is 6.17. The predicted octanol–water partition coefficient (Wildman–Crippen LogP) is 4.06. The van der Waals surface area contributed by atoms with Gasteiger partial charge in [0.2, 0.25) is 0 Å². The van der Waals surface area contributed by atoms with Crippen LogP contribution in [0, 0.1) is 5.82 Å². The third kappa shape index (κ3) is 3.58. The van der Waals surface area contributed by atoms with Gasteiger partial charge in [-0.15, -0.1) is 11.6 Å². The van der Waals surface area contributed by atoms with Crippen LogP contribution in [0.4, 0.5) is 4.39 Å². The molecule has 104 valence electrons. The van der Waals surface area contributed by atoms with Gasteiger partial charge >= 0.3 is 0 Å². The number of amides is 1. The summed E-state index contributed by atoms with van der Waals surface area (Å²) >= 11 is 5.75. The summed E-state index contributed by atoms with van der Waals surface area (Å²) in [6.45, 7) is 1.82. The quantitative estimate of drug-likeness (QED) is 0.846. The van der Waals surface area contributed by atoms with E-state index in [9.17, 15) is 9.18 Å². The van der Waals surface area contributed by atoms with Gasteiger partial charge in [0.1, 0.15) is 5.82 Å². The molecule has 4 heteroatoms. The Morgan fingerprint density at radius 2 is 2.00 bits per heavy atom. The van der Waals surface area contributed by atoms with Crippen molar-refractivity contribution in [3.05, 3.63) is 71.0 Å². The normalized spacial score (nSPS) is 11.9. The van der Waals surface area contributed by atoms with Crippen molar-refractivity contribution in [2.45, 2.75) is 18.8 Å². The Bertz CT molecular complexity index is 615. The number of rotatable bonds is 4. The number of carbonyl (C=O) groups is 1. The minimum atomic E-state index is -0.312. The van der Waals surface area contributed by atoms with Crippen LogP contribution in [0.2, 0.25) is 0 Å². The standard InChI is InChI=1S/C16H15ClFNO/c1-11(13-5-3-7-15(18)9-13)19-16(20)14-6-2-4-12(8-14)10-17/h2-9,11H,10H2,1H3,(H,19,20)/t11-/m1/s1. The lowest BCUT2D eigenvalue weighted by atomic mass is 10.1. The molecule has 0 spiro atoms. The van der Waals surface area contributed by atoms with Crippen LogP contribution < -0.4 is 5.32 Å². The molecule has 1 amide bonds. The Balaban J connectivity index is 2.10. The number of carbonyl (C=O) groups excluding carboxylic acids is 1. The Morgan fingerprint density at radius 1 is 1.25 bits per heavy atom. The minimum Gasteiger partial charge on any atom is -0.346 e. The molecular weight excluding hydrogens is 277 g/mol. The summed E-state index contributed by atoms with van der Waals surface area (Å²) in [6.07, 6.45) is 0. The number of alkyl halides is 1. The largest absolute Gasteiger partial charge is 0.346 e. The molecule has 0 saturated carbocycles. The Hall–Kier alpha value is -1.87. The summed E-state index contributed by atoms with van der Waals surface area (Å²) in [5.74, 6) is -0.151. The van der Waals surface area contributed by atoms with E-state index in [0.717, 1.165) is 11.1 Å². The summed E-state index contributed by atoms with van der Waals surface area (Å²) in [6, 6.07) is 13.1. The highest BCUT2D eigenvalue weighted by Gasteiger charge is 2.12. The summed E-state index contributed by atoms with van der Waals surface area (Å²) < 4.78 is 13.2. The van der Waals surface area contributed by atoms with E-state index in [0.29, 0.717) is 11.4 Å². The second-order valence-corrected chi connectivity index (χ2v) is 4.85. The second-order valence-electron chi connectivity index (χ2n) is 4.58. The fourth-order valence-electron chi connectivity index (χ4n) is 1.93. The molecule has 2 nitrogen and oxygen atoms in total. The van der Waals surface area contributed by atoms with Crippen molar-refractivity contribution in [3.63, 3.8) is 0 Å². The summed E-state index contributed by atoms with van der Waals surface area (Å²) in [5.41, 5.74) is 2.16. The first-order valence-corrected chi connectivity index (χ1v) is 6.85. The van der Waals surface area contributed by atoms with Crippen molar-refractivity contribution in [3.8, 4) is 0 Å². The Kier molecular flexibility index (Phi) is 4.74. The van der Waals surface area contributed by atoms with Gasteiger partial charge in [0.05, 0.1) is 6.04 Å². The summed E-state index contributed by atoms with van der Waals surface area (Å²) in [4.78, 5) is 12.1. The fourth-order valence-corrected chi connectivity index (χ4v) is 2.10. The van der Waals surface area contributed by atoms with Crippen LogP contribution in [0.5, 0.6) is 0 Å². The Morgan fingerprint density at radius 3 is 2.70 bits per heavy atom. The molecule has 0 fully saturated rings. The molecule has 2 aromatic carbocycles. The van der Waals surface area contributed by atoms with Crippen molar-refractivity contribution in [2.24, 2.45) is 0 Å². The molecule has 1 N–H and O–H groups in total. The predicted molar refractivity (Wildman–Crippen MR) is 78.3 cm³/mol. The zero-order valence-electron chi connectivity index (χ0n) is 11.1. The molecule has 0 aliphatic heterocycles. The van der Waals surface area contributed by atoms with E-state index in [1.807, 2.05) is 13.0 Å². The van der Waals surface area contributed by atoms with Crippen molar-refractivity contribution in [1.82, 2.24) is 5.32 Å². The van der Waals surface area contributed by atoms with Crippen LogP contribution in [0.25, 0.3) is 0 Å². The van der Waals surface area contributed by atoms with Gasteiger partial charge in [0.25, 0.3) is 5.91 Å². The van der Waals surface area contributed by atoms with Gasteiger partial charge in [0.15, 0.2) is 0 Å². The van der Waals surface area contributed by atoms with Gasteiger partial charge in [-0.1, -0.05) is 24.3 Å². The van der Waals surface area contributed by atoms with Crippen molar-refractivity contribution >= 4 is 17.5 Å². The molecular formula is C16H15ClFNO. The minimum absolute atomic E-state index is 0.200. The maximum Gasteiger partial charge on any atom is 0.251 e. The summed E-state index contributed by atoms with van der Waals surface area (Å²) in [5, 5.41) is 2.84. The highest BCUT2D eigenvalue weighted by Crippen LogP contribution is 2.15. The van der Waals surface area contributed by atoms with E-state index in [4.69, 9.17) is 11.6 Å². The molecule has 0 aliphatic rings. The number of hydrogen-bond acceptors (Lipinski definition) is 1. The van der Waals surface area contributed by atoms with Crippen molar-refractivity contribution in [1.29, 1.82) is 0 Å². The van der Waals surface area contributed by atoms with Crippen LogP contribution in [0.1, 0.15) is 34.5 Å². The zero-order chi connectivity index (χ0) is 14.5. The van der Waals surface area contributed by atoms with Gasteiger partial charge in [-0.2, -0.15) is 0 Å². The van der Waals surface area contributed by atoms with Crippen LogP contribution in [0.3, 0.4) is 0 Å². The molecule has 0 saturated heterocycles. The molecule has 0 radical (unpaired) electrons.